The molecule has 0 N–H and O–H groups in total. The van der Waals surface area contributed by atoms with E-state index in [1.54, 1.807) is 6.20 Å². The molecule has 4 aromatic rings. The lowest BCUT2D eigenvalue weighted by Gasteiger charge is -2.37. The molecule has 1 aliphatic heterocycles. The lowest BCUT2D eigenvalue weighted by atomic mass is 10.0. The molecule has 206 valence electrons. The maximum atomic E-state index is 15.2. The highest BCUT2D eigenvalue weighted by Crippen LogP contribution is 2.37. The summed E-state index contributed by atoms with van der Waals surface area (Å²) in [7, 11) is 0.990. The van der Waals surface area contributed by atoms with Crippen LogP contribution < -0.4 is 10.5 Å². The number of hydrogen-bond acceptors (Lipinski definition) is 7. The Morgan fingerprint density at radius 1 is 1.15 bits per heavy atom. The number of anilines is 1. The Kier molecular flexibility index (Phi) is 6.10. The van der Waals surface area contributed by atoms with Gasteiger partial charge in [-0.3, -0.25) is 14.0 Å². The van der Waals surface area contributed by atoms with Crippen molar-refractivity contribution in [3.63, 3.8) is 0 Å². The zero-order valence-electron chi connectivity index (χ0n) is 21.5. The first-order valence-corrected chi connectivity index (χ1v) is 12.7. The van der Waals surface area contributed by atoms with E-state index in [0.29, 0.717) is 23.7 Å². The minimum absolute atomic E-state index is 0.0261. The largest absolute Gasteiger partial charge is 0.449 e. The molecule has 0 unspecified atom stereocenters. The average Bonchev–Trinajstić information content (AvgIpc) is 3.65. The zero-order valence-corrected chi connectivity index (χ0v) is 21.5. The summed E-state index contributed by atoms with van der Waals surface area (Å²) >= 11 is 0. The fourth-order valence-corrected chi connectivity index (χ4v) is 5.02. The fourth-order valence-electron chi connectivity index (χ4n) is 5.02. The van der Waals surface area contributed by atoms with Gasteiger partial charge in [0.2, 0.25) is 5.82 Å². The number of nitriles is 1. The van der Waals surface area contributed by atoms with Crippen LogP contribution in [0.25, 0.3) is 22.2 Å². The standard InChI is InChI=1S/C27H23F4N7O2/c1-14-11-37(13-21(40-14)16-10-33-38(12-16)17-4-5-17)22-8-19-24(35-26(27(29,30)31)36(2)25(19)39)23(34-22)18-6-3-15(9-32)7-20(18)28/h3,6-8,10,12,14,17,21H,4-5,11,13H2,1-2H3/t14-,21-/m0/s1. The first-order valence-electron chi connectivity index (χ1n) is 12.7. The molecule has 2 atom stereocenters. The third-order valence-corrected chi connectivity index (χ3v) is 7.16. The smallest absolute Gasteiger partial charge is 0.367 e. The Morgan fingerprint density at radius 2 is 1.93 bits per heavy atom. The number of morpholine rings is 1. The molecule has 2 aliphatic rings. The second kappa shape index (κ2) is 9.41. The molecule has 1 saturated carbocycles. The van der Waals surface area contributed by atoms with Gasteiger partial charge in [0.05, 0.1) is 41.9 Å². The third-order valence-electron chi connectivity index (χ3n) is 7.16. The van der Waals surface area contributed by atoms with E-state index < -0.39 is 23.4 Å². The number of pyridine rings is 1. The second-order valence-electron chi connectivity index (χ2n) is 10.2. The summed E-state index contributed by atoms with van der Waals surface area (Å²) in [5.41, 5.74) is -0.836. The Hall–Kier alpha value is -4.31. The van der Waals surface area contributed by atoms with Crippen molar-refractivity contribution in [3.05, 3.63) is 69.8 Å². The molecule has 1 aromatic carbocycles. The average molecular weight is 554 g/mol. The van der Waals surface area contributed by atoms with E-state index >= 15 is 4.39 Å². The number of alkyl halides is 3. The summed E-state index contributed by atoms with van der Waals surface area (Å²) in [6.45, 7) is 2.57. The van der Waals surface area contributed by atoms with Gasteiger partial charge in [-0.1, -0.05) is 0 Å². The molecule has 4 heterocycles. The number of benzene rings is 1. The maximum Gasteiger partial charge on any atom is 0.449 e. The minimum Gasteiger partial charge on any atom is -0.367 e. The van der Waals surface area contributed by atoms with Gasteiger partial charge in [-0.15, -0.1) is 0 Å². The van der Waals surface area contributed by atoms with E-state index in [2.05, 4.69) is 15.1 Å². The Balaban J connectivity index is 1.51. The van der Waals surface area contributed by atoms with E-state index in [1.165, 1.54) is 18.2 Å². The molecular weight excluding hydrogens is 530 g/mol. The summed E-state index contributed by atoms with van der Waals surface area (Å²) in [6.07, 6.45) is 0.277. The van der Waals surface area contributed by atoms with Crippen LogP contribution in [-0.4, -0.2) is 43.5 Å². The molecular formula is C27H23F4N7O2. The molecule has 1 aliphatic carbocycles. The van der Waals surface area contributed by atoms with Crippen molar-refractivity contribution in [3.8, 4) is 17.3 Å². The van der Waals surface area contributed by atoms with Gasteiger partial charge in [-0.2, -0.15) is 23.5 Å². The van der Waals surface area contributed by atoms with Gasteiger partial charge in [-0.25, -0.2) is 14.4 Å². The number of hydrogen-bond donors (Lipinski definition) is 0. The van der Waals surface area contributed by atoms with Gasteiger partial charge in [0, 0.05) is 30.9 Å². The molecule has 2 fully saturated rings. The van der Waals surface area contributed by atoms with Crippen LogP contribution in [0.2, 0.25) is 0 Å². The van der Waals surface area contributed by atoms with Crippen LogP contribution in [0, 0.1) is 17.1 Å². The van der Waals surface area contributed by atoms with Gasteiger partial charge < -0.3 is 9.64 Å². The highest BCUT2D eigenvalue weighted by atomic mass is 19.4. The van der Waals surface area contributed by atoms with Crippen LogP contribution in [0.1, 0.15) is 48.9 Å². The van der Waals surface area contributed by atoms with Crippen LogP contribution in [0.4, 0.5) is 23.4 Å². The van der Waals surface area contributed by atoms with Crippen LogP contribution in [0.15, 0.2) is 41.5 Å². The quantitative estimate of drug-likeness (QED) is 0.343. The van der Waals surface area contributed by atoms with Crippen molar-refractivity contribution in [2.45, 2.75) is 44.2 Å². The Bertz CT molecular complexity index is 1740. The monoisotopic (exact) mass is 553 g/mol. The molecule has 1 saturated heterocycles. The van der Waals surface area contributed by atoms with Crippen molar-refractivity contribution >= 4 is 16.7 Å². The van der Waals surface area contributed by atoms with Crippen molar-refractivity contribution < 1.29 is 22.3 Å². The van der Waals surface area contributed by atoms with Crippen molar-refractivity contribution in [1.82, 2.24) is 24.3 Å². The Labute approximate surface area is 225 Å². The summed E-state index contributed by atoms with van der Waals surface area (Å²) in [4.78, 5) is 23.4. The van der Waals surface area contributed by atoms with E-state index in [0.717, 1.165) is 31.5 Å². The normalized spacial score (nSPS) is 19.7. The molecule has 6 rings (SSSR count). The van der Waals surface area contributed by atoms with Crippen LogP contribution in [0.3, 0.4) is 0 Å². The molecule has 40 heavy (non-hydrogen) atoms. The third kappa shape index (κ3) is 4.58. The first-order chi connectivity index (χ1) is 19.0. The summed E-state index contributed by atoms with van der Waals surface area (Å²) in [6, 6.07) is 7.15. The van der Waals surface area contributed by atoms with Crippen LogP contribution >= 0.6 is 0 Å². The number of ether oxygens (including phenoxy) is 1. The van der Waals surface area contributed by atoms with Crippen LogP contribution in [-0.2, 0) is 18.0 Å². The second-order valence-corrected chi connectivity index (χ2v) is 10.2. The predicted octanol–water partition coefficient (Wildman–Crippen LogP) is 4.52. The number of nitrogens with zero attached hydrogens (tertiary/aromatic N) is 7. The summed E-state index contributed by atoms with van der Waals surface area (Å²) < 4.78 is 65.0. The van der Waals surface area contributed by atoms with E-state index in [9.17, 15) is 18.0 Å². The van der Waals surface area contributed by atoms with Gasteiger partial charge in [-0.05, 0) is 44.0 Å². The zero-order chi connectivity index (χ0) is 28.3. The predicted molar refractivity (Wildman–Crippen MR) is 136 cm³/mol. The van der Waals surface area contributed by atoms with E-state index in [-0.39, 0.29) is 45.7 Å². The lowest BCUT2D eigenvalue weighted by molar-refractivity contribution is -0.147. The van der Waals surface area contributed by atoms with Gasteiger partial charge in [0.1, 0.15) is 28.9 Å². The highest BCUT2D eigenvalue weighted by molar-refractivity contribution is 5.93. The topological polar surface area (TPSA) is 102 Å². The number of rotatable bonds is 4. The Morgan fingerprint density at radius 3 is 2.60 bits per heavy atom. The van der Waals surface area contributed by atoms with E-state index in [1.807, 2.05) is 28.8 Å². The highest BCUT2D eigenvalue weighted by Gasteiger charge is 2.37. The summed E-state index contributed by atoms with van der Waals surface area (Å²) in [5, 5.41) is 13.4. The minimum atomic E-state index is -4.93. The molecule has 0 bridgehead atoms. The number of fused-ring (bicyclic) bond motifs is 1. The molecule has 13 heteroatoms. The van der Waals surface area contributed by atoms with Crippen LogP contribution in [0.5, 0.6) is 0 Å². The van der Waals surface area contributed by atoms with Gasteiger partial charge in [0.15, 0.2) is 0 Å². The van der Waals surface area contributed by atoms with Gasteiger partial charge in [0.25, 0.3) is 5.56 Å². The maximum absolute atomic E-state index is 15.2. The molecule has 0 radical (unpaired) electrons. The van der Waals surface area contributed by atoms with Crippen molar-refractivity contribution in [2.75, 3.05) is 18.0 Å². The van der Waals surface area contributed by atoms with Crippen molar-refractivity contribution in [1.29, 1.82) is 5.26 Å². The fraction of sp³-hybridized carbons (Fsp3) is 0.370. The molecule has 9 nitrogen and oxygen atoms in total. The summed E-state index contributed by atoms with van der Waals surface area (Å²) in [5.74, 6) is -2.04. The molecule has 0 amide bonds. The SMILES string of the molecule is C[C@H]1CN(c2cc3c(=O)n(C)c(C(F)(F)F)nc3c(-c3ccc(C#N)cc3F)n2)C[C@@H](c2cnn(C3CC3)c2)O1. The van der Waals surface area contributed by atoms with E-state index in [4.69, 9.17) is 10.00 Å². The van der Waals surface area contributed by atoms with Crippen molar-refractivity contribution in [2.24, 2.45) is 7.05 Å². The molecule has 3 aromatic heterocycles. The van der Waals surface area contributed by atoms with Gasteiger partial charge >= 0.3 is 6.18 Å². The number of aromatic nitrogens is 5. The lowest BCUT2D eigenvalue weighted by Crippen LogP contribution is -2.43. The molecule has 0 spiro atoms. The first kappa shape index (κ1) is 25.9. The number of halogens is 4.